The second-order valence-electron chi connectivity index (χ2n) is 7.76. The molecule has 0 bridgehead atoms. The predicted octanol–water partition coefficient (Wildman–Crippen LogP) is 1.51. The highest BCUT2D eigenvalue weighted by Gasteiger charge is 2.35. The van der Waals surface area contributed by atoms with Crippen molar-refractivity contribution in [3.63, 3.8) is 0 Å². The molecule has 0 radical (unpaired) electrons. The molecule has 0 aromatic carbocycles. The highest BCUT2D eigenvalue weighted by atomic mass is 16.4. The molecule has 25 heavy (non-hydrogen) atoms. The van der Waals surface area contributed by atoms with E-state index in [0.717, 1.165) is 12.8 Å². The lowest BCUT2D eigenvalue weighted by molar-refractivity contribution is -0.139. The maximum Gasteiger partial charge on any atom is 0.317 e. The molecule has 1 rings (SSSR count). The van der Waals surface area contributed by atoms with Crippen LogP contribution in [0.3, 0.4) is 0 Å². The zero-order valence-corrected chi connectivity index (χ0v) is 16.2. The number of nitrogens with one attached hydrogen (secondary N) is 2. The first-order valence-corrected chi connectivity index (χ1v) is 9.33. The molecule has 146 valence electrons. The van der Waals surface area contributed by atoms with E-state index in [1.165, 1.54) is 0 Å². The molecule has 1 aliphatic carbocycles. The number of nitrogens with zero attached hydrogens (tertiary/aromatic N) is 1. The van der Waals surface area contributed by atoms with Crippen molar-refractivity contribution in [3.05, 3.63) is 0 Å². The normalized spacial score (nSPS) is 22.6. The van der Waals surface area contributed by atoms with Crippen LogP contribution in [-0.2, 0) is 4.79 Å². The maximum atomic E-state index is 12.3. The monoisotopic (exact) mass is 357 g/mol. The Morgan fingerprint density at radius 2 is 1.76 bits per heavy atom. The van der Waals surface area contributed by atoms with Crippen molar-refractivity contribution in [2.24, 2.45) is 17.8 Å². The number of rotatable bonds is 10. The quantitative estimate of drug-likeness (QED) is 0.475. The summed E-state index contributed by atoms with van der Waals surface area (Å²) >= 11 is 0. The number of carboxylic acids is 1. The molecule has 0 aromatic heterocycles. The highest BCUT2D eigenvalue weighted by Crippen LogP contribution is 2.26. The van der Waals surface area contributed by atoms with Crippen molar-refractivity contribution in [1.29, 1.82) is 0 Å². The minimum Gasteiger partial charge on any atom is -0.480 e. The zero-order valence-electron chi connectivity index (χ0n) is 16.2. The molecule has 2 atom stereocenters. The second-order valence-corrected chi connectivity index (χ2v) is 7.76. The van der Waals surface area contributed by atoms with Gasteiger partial charge in [0.1, 0.15) is 0 Å². The highest BCUT2D eigenvalue weighted by molar-refractivity contribution is 5.74. The fourth-order valence-electron chi connectivity index (χ4n) is 3.56. The molecule has 0 aliphatic heterocycles. The fourth-order valence-corrected chi connectivity index (χ4v) is 3.56. The minimum atomic E-state index is -0.820. The van der Waals surface area contributed by atoms with Gasteiger partial charge < -0.3 is 20.8 Å². The van der Waals surface area contributed by atoms with Gasteiger partial charge in [0, 0.05) is 30.7 Å². The Labute approximate surface area is 151 Å². The average Bonchev–Trinajstić information content (AvgIpc) is 2.47. The smallest absolute Gasteiger partial charge is 0.317 e. The molecule has 4 N–H and O–H groups in total. The van der Waals surface area contributed by atoms with Crippen LogP contribution in [0, 0.1) is 17.8 Å². The second kappa shape index (κ2) is 9.97. The van der Waals surface area contributed by atoms with Gasteiger partial charge in [-0.2, -0.15) is 0 Å². The Kier molecular flexibility index (Phi) is 8.65. The van der Waals surface area contributed by atoms with Crippen LogP contribution in [-0.4, -0.2) is 64.9 Å². The van der Waals surface area contributed by atoms with Gasteiger partial charge >= 0.3 is 12.0 Å². The Morgan fingerprint density at radius 1 is 1.16 bits per heavy atom. The van der Waals surface area contributed by atoms with E-state index < -0.39 is 5.97 Å². The van der Waals surface area contributed by atoms with E-state index in [2.05, 4.69) is 10.6 Å². The Morgan fingerprint density at radius 3 is 2.16 bits per heavy atom. The lowest BCUT2D eigenvalue weighted by Gasteiger charge is -2.42. The first kappa shape index (κ1) is 21.7. The summed E-state index contributed by atoms with van der Waals surface area (Å²) in [4.78, 5) is 25.1. The van der Waals surface area contributed by atoms with E-state index >= 15 is 0 Å². The lowest BCUT2D eigenvalue weighted by Crippen LogP contribution is -2.58. The van der Waals surface area contributed by atoms with Gasteiger partial charge in [0.05, 0.1) is 6.54 Å². The molecule has 0 spiro atoms. The minimum absolute atomic E-state index is 0.0195. The van der Waals surface area contributed by atoms with Gasteiger partial charge in [-0.05, 0) is 31.2 Å². The Bertz CT molecular complexity index is 436. The van der Waals surface area contributed by atoms with Crippen LogP contribution in [0.4, 0.5) is 4.79 Å². The third kappa shape index (κ3) is 6.47. The molecule has 1 aliphatic rings. The molecule has 0 aromatic rings. The Balaban J connectivity index is 2.48. The van der Waals surface area contributed by atoms with E-state index in [0.29, 0.717) is 6.54 Å². The van der Waals surface area contributed by atoms with Gasteiger partial charge in [0.15, 0.2) is 0 Å². The van der Waals surface area contributed by atoms with Gasteiger partial charge in [-0.1, -0.05) is 34.6 Å². The van der Waals surface area contributed by atoms with Gasteiger partial charge in [-0.15, -0.1) is 0 Å². The number of amides is 2. The van der Waals surface area contributed by atoms with Crippen molar-refractivity contribution in [2.75, 3.05) is 19.7 Å². The number of aliphatic hydroxyl groups excluding tert-OH is 1. The summed E-state index contributed by atoms with van der Waals surface area (Å²) in [5.41, 5.74) is 0. The number of hydrogen-bond donors (Lipinski definition) is 4. The van der Waals surface area contributed by atoms with Crippen LogP contribution in [0.15, 0.2) is 0 Å². The molecule has 1 saturated carbocycles. The molecule has 7 heteroatoms. The van der Waals surface area contributed by atoms with Crippen molar-refractivity contribution < 1.29 is 19.8 Å². The van der Waals surface area contributed by atoms with Crippen LogP contribution in [0.25, 0.3) is 0 Å². The van der Waals surface area contributed by atoms with E-state index in [1.54, 1.807) is 0 Å². The molecule has 2 amide bonds. The number of carboxylic acid groups (broad SMARTS) is 1. The third-order valence-electron chi connectivity index (χ3n) is 5.25. The topological polar surface area (TPSA) is 102 Å². The first-order chi connectivity index (χ1) is 11.7. The van der Waals surface area contributed by atoms with Crippen LogP contribution in [0.1, 0.15) is 47.5 Å². The number of hydrogen-bond acceptors (Lipinski definition) is 4. The maximum absolute atomic E-state index is 12.3. The van der Waals surface area contributed by atoms with E-state index in [-0.39, 0.29) is 55.1 Å². The van der Waals surface area contributed by atoms with Gasteiger partial charge in [-0.25, -0.2) is 4.79 Å². The number of carbonyl (C=O) groups excluding carboxylic acids is 1. The molecule has 7 nitrogen and oxygen atoms in total. The summed E-state index contributed by atoms with van der Waals surface area (Å²) in [6, 6.07) is 0.00277. The summed E-state index contributed by atoms with van der Waals surface area (Å²) in [5.74, 6) is -0.295. The average molecular weight is 357 g/mol. The van der Waals surface area contributed by atoms with Crippen LogP contribution >= 0.6 is 0 Å². The largest absolute Gasteiger partial charge is 0.480 e. The van der Waals surface area contributed by atoms with Crippen molar-refractivity contribution in [2.45, 2.75) is 65.6 Å². The summed E-state index contributed by atoms with van der Waals surface area (Å²) < 4.78 is 0. The number of urea groups is 1. The SMILES string of the molecule is CCN(CC(=O)O)C1CC(NC(=O)NC(C(C)C)C(CO)C(C)C)C1. The standard InChI is InChI=1S/C18H35N3O4/c1-6-21(9-16(23)24)14-7-13(8-14)19-18(25)20-17(12(4)5)15(10-22)11(2)3/h11-15,17,22H,6-10H2,1-5H3,(H,23,24)(H2,19,20,25). The van der Waals surface area contributed by atoms with E-state index in [9.17, 15) is 14.7 Å². The summed E-state index contributed by atoms with van der Waals surface area (Å²) in [7, 11) is 0. The summed E-state index contributed by atoms with van der Waals surface area (Å²) in [6.07, 6.45) is 1.54. The van der Waals surface area contributed by atoms with Crippen LogP contribution in [0.5, 0.6) is 0 Å². The third-order valence-corrected chi connectivity index (χ3v) is 5.25. The van der Waals surface area contributed by atoms with E-state index in [1.807, 2.05) is 39.5 Å². The zero-order chi connectivity index (χ0) is 19.1. The van der Waals surface area contributed by atoms with Gasteiger partial charge in [0.25, 0.3) is 0 Å². The van der Waals surface area contributed by atoms with Crippen molar-refractivity contribution >= 4 is 12.0 Å². The number of likely N-dealkylation sites (N-methyl/N-ethyl adjacent to an activating group) is 1. The van der Waals surface area contributed by atoms with Crippen LogP contribution < -0.4 is 10.6 Å². The van der Waals surface area contributed by atoms with Gasteiger partial charge in [-0.3, -0.25) is 9.69 Å². The molecular weight excluding hydrogens is 322 g/mol. The molecule has 0 saturated heterocycles. The van der Waals surface area contributed by atoms with Crippen LogP contribution in [0.2, 0.25) is 0 Å². The van der Waals surface area contributed by atoms with Gasteiger partial charge in [0.2, 0.25) is 0 Å². The summed E-state index contributed by atoms with van der Waals surface area (Å²) in [6.45, 7) is 10.9. The molecular formula is C18H35N3O4. The number of aliphatic carboxylic acids is 1. The van der Waals surface area contributed by atoms with E-state index in [4.69, 9.17) is 5.11 Å². The molecule has 1 fully saturated rings. The van der Waals surface area contributed by atoms with Crippen molar-refractivity contribution in [3.8, 4) is 0 Å². The molecule has 2 unspecified atom stereocenters. The lowest BCUT2D eigenvalue weighted by atomic mass is 9.83. The Hall–Kier alpha value is -1.34. The predicted molar refractivity (Wildman–Crippen MR) is 97.4 cm³/mol. The van der Waals surface area contributed by atoms with Crippen molar-refractivity contribution in [1.82, 2.24) is 15.5 Å². The molecule has 0 heterocycles. The number of carbonyl (C=O) groups is 2. The fraction of sp³-hybridized carbons (Fsp3) is 0.889. The summed E-state index contributed by atoms with van der Waals surface area (Å²) in [5, 5.41) is 24.6. The first-order valence-electron chi connectivity index (χ1n) is 9.33. The number of aliphatic hydroxyl groups is 1.